The van der Waals surface area contributed by atoms with E-state index < -0.39 is 0 Å². The Morgan fingerprint density at radius 1 is 1.39 bits per heavy atom. The molecule has 18 heavy (non-hydrogen) atoms. The Kier molecular flexibility index (Phi) is 5.37. The molecule has 5 nitrogen and oxygen atoms in total. The molecule has 0 spiro atoms. The number of carbonyl (C=O) groups excluding carboxylic acids is 1. The molecule has 1 heterocycles. The van der Waals surface area contributed by atoms with Gasteiger partial charge in [0.1, 0.15) is 11.5 Å². The van der Waals surface area contributed by atoms with E-state index in [1.807, 2.05) is 13.8 Å². The molecular formula is C13H22N2O3. The van der Waals surface area contributed by atoms with Crippen molar-refractivity contribution in [1.29, 1.82) is 0 Å². The van der Waals surface area contributed by atoms with E-state index in [4.69, 9.17) is 14.9 Å². The molecule has 0 bridgehead atoms. The van der Waals surface area contributed by atoms with Crippen molar-refractivity contribution in [3.05, 3.63) is 22.6 Å². The molecule has 0 aromatic carbocycles. The van der Waals surface area contributed by atoms with Crippen molar-refractivity contribution < 1.29 is 13.9 Å². The first-order chi connectivity index (χ1) is 8.51. The largest absolute Gasteiger partial charge is 0.466 e. The number of methoxy groups -OCH3 is 1. The zero-order valence-electron chi connectivity index (χ0n) is 11.5. The van der Waals surface area contributed by atoms with Gasteiger partial charge in [-0.2, -0.15) is 0 Å². The second-order valence-corrected chi connectivity index (χ2v) is 4.40. The first-order valence-electron chi connectivity index (χ1n) is 6.07. The number of ether oxygens (including phenoxy) is 1. The molecule has 3 N–H and O–H groups in total. The summed E-state index contributed by atoms with van der Waals surface area (Å²) in [4.78, 5) is 12.2. The van der Waals surface area contributed by atoms with Crippen LogP contribution in [-0.2, 0) is 4.74 Å². The molecule has 0 radical (unpaired) electrons. The van der Waals surface area contributed by atoms with Crippen LogP contribution in [0.15, 0.2) is 4.42 Å². The number of hydrogen-bond acceptors (Lipinski definition) is 4. The third-order valence-electron chi connectivity index (χ3n) is 3.08. The van der Waals surface area contributed by atoms with Gasteiger partial charge in [-0.3, -0.25) is 4.79 Å². The lowest BCUT2D eigenvalue weighted by Crippen LogP contribution is -2.41. The van der Waals surface area contributed by atoms with E-state index in [9.17, 15) is 4.79 Å². The second-order valence-electron chi connectivity index (χ2n) is 4.40. The molecular weight excluding hydrogens is 232 g/mol. The van der Waals surface area contributed by atoms with Gasteiger partial charge < -0.3 is 20.2 Å². The number of furan rings is 1. The standard InChI is InChI=1S/C13H22N2O3/c1-8-9(2)18-10(3)12(8)13(16)15-11(7-14)5-6-17-4/h11H,5-7,14H2,1-4H3,(H,15,16). The molecule has 1 amide bonds. The van der Waals surface area contributed by atoms with E-state index >= 15 is 0 Å². The van der Waals surface area contributed by atoms with Crippen molar-refractivity contribution in [3.63, 3.8) is 0 Å². The monoisotopic (exact) mass is 254 g/mol. The van der Waals surface area contributed by atoms with Gasteiger partial charge in [0.25, 0.3) is 5.91 Å². The highest BCUT2D eigenvalue weighted by atomic mass is 16.5. The second kappa shape index (κ2) is 6.56. The molecule has 0 aliphatic heterocycles. The molecule has 1 aromatic rings. The van der Waals surface area contributed by atoms with Crippen molar-refractivity contribution in [1.82, 2.24) is 5.32 Å². The Bertz CT molecular complexity index is 413. The van der Waals surface area contributed by atoms with Gasteiger partial charge in [0.05, 0.1) is 5.56 Å². The van der Waals surface area contributed by atoms with Crippen molar-refractivity contribution in [2.45, 2.75) is 33.2 Å². The third kappa shape index (κ3) is 3.34. The Morgan fingerprint density at radius 3 is 2.50 bits per heavy atom. The highest BCUT2D eigenvalue weighted by Gasteiger charge is 2.20. The van der Waals surface area contributed by atoms with Crippen LogP contribution in [0.3, 0.4) is 0 Å². The number of carbonyl (C=O) groups is 1. The van der Waals surface area contributed by atoms with Gasteiger partial charge in [-0.15, -0.1) is 0 Å². The number of amides is 1. The van der Waals surface area contributed by atoms with E-state index in [1.165, 1.54) is 0 Å². The number of rotatable bonds is 6. The predicted molar refractivity (Wildman–Crippen MR) is 69.7 cm³/mol. The molecule has 0 aliphatic carbocycles. The number of hydrogen-bond donors (Lipinski definition) is 2. The topological polar surface area (TPSA) is 77.5 Å². The van der Waals surface area contributed by atoms with E-state index in [0.29, 0.717) is 30.9 Å². The quantitative estimate of drug-likeness (QED) is 0.802. The van der Waals surface area contributed by atoms with Crippen LogP contribution < -0.4 is 11.1 Å². The van der Waals surface area contributed by atoms with Gasteiger partial charge >= 0.3 is 0 Å². The molecule has 0 saturated heterocycles. The first-order valence-corrected chi connectivity index (χ1v) is 6.07. The lowest BCUT2D eigenvalue weighted by atomic mass is 10.1. The van der Waals surface area contributed by atoms with Crippen molar-refractivity contribution >= 4 is 5.91 Å². The minimum atomic E-state index is -0.131. The van der Waals surface area contributed by atoms with Gasteiger partial charge in [0, 0.05) is 31.9 Å². The molecule has 1 aromatic heterocycles. The smallest absolute Gasteiger partial charge is 0.255 e. The normalized spacial score (nSPS) is 12.5. The maximum atomic E-state index is 12.2. The first kappa shape index (κ1) is 14.7. The highest BCUT2D eigenvalue weighted by Crippen LogP contribution is 2.20. The molecule has 1 rings (SSSR count). The highest BCUT2D eigenvalue weighted by molar-refractivity contribution is 5.97. The summed E-state index contributed by atoms with van der Waals surface area (Å²) in [7, 11) is 1.63. The minimum Gasteiger partial charge on any atom is -0.466 e. The van der Waals surface area contributed by atoms with Gasteiger partial charge in [-0.1, -0.05) is 0 Å². The van der Waals surface area contributed by atoms with Crippen LogP contribution in [0.4, 0.5) is 0 Å². The summed E-state index contributed by atoms with van der Waals surface area (Å²) < 4.78 is 10.4. The maximum Gasteiger partial charge on any atom is 0.255 e. The Hall–Kier alpha value is -1.33. The molecule has 102 valence electrons. The van der Waals surface area contributed by atoms with Gasteiger partial charge in [0.2, 0.25) is 0 Å². The van der Waals surface area contributed by atoms with Crippen molar-refractivity contribution in [2.24, 2.45) is 5.73 Å². The molecule has 0 aliphatic rings. The fraction of sp³-hybridized carbons (Fsp3) is 0.615. The van der Waals surface area contributed by atoms with Crippen molar-refractivity contribution in [2.75, 3.05) is 20.3 Å². The van der Waals surface area contributed by atoms with Crippen LogP contribution in [0.25, 0.3) is 0 Å². The summed E-state index contributed by atoms with van der Waals surface area (Å²) in [5.74, 6) is 1.29. The molecule has 1 unspecified atom stereocenters. The molecule has 0 fully saturated rings. The zero-order chi connectivity index (χ0) is 13.7. The van der Waals surface area contributed by atoms with Crippen LogP contribution >= 0.6 is 0 Å². The van der Waals surface area contributed by atoms with E-state index in [0.717, 1.165) is 11.3 Å². The van der Waals surface area contributed by atoms with Gasteiger partial charge in [0.15, 0.2) is 0 Å². The SMILES string of the molecule is COCCC(CN)NC(=O)c1c(C)oc(C)c1C. The van der Waals surface area contributed by atoms with E-state index in [2.05, 4.69) is 5.32 Å². The minimum absolute atomic E-state index is 0.0774. The maximum absolute atomic E-state index is 12.2. The van der Waals surface area contributed by atoms with Crippen LogP contribution in [0.1, 0.15) is 33.9 Å². The zero-order valence-corrected chi connectivity index (χ0v) is 11.5. The van der Waals surface area contributed by atoms with Crippen LogP contribution in [0.2, 0.25) is 0 Å². The fourth-order valence-electron chi connectivity index (χ4n) is 1.89. The average Bonchev–Trinajstić information content (AvgIpc) is 2.58. The number of aryl methyl sites for hydroxylation is 2. The lowest BCUT2D eigenvalue weighted by Gasteiger charge is -2.16. The lowest BCUT2D eigenvalue weighted by molar-refractivity contribution is 0.0924. The molecule has 5 heteroatoms. The summed E-state index contributed by atoms with van der Waals surface area (Å²) in [6.07, 6.45) is 0.702. The Morgan fingerprint density at radius 2 is 2.06 bits per heavy atom. The van der Waals surface area contributed by atoms with Crippen LogP contribution in [0.5, 0.6) is 0 Å². The summed E-state index contributed by atoms with van der Waals surface area (Å²) in [5, 5.41) is 2.91. The van der Waals surface area contributed by atoms with Gasteiger partial charge in [-0.25, -0.2) is 0 Å². The van der Waals surface area contributed by atoms with E-state index in [-0.39, 0.29) is 11.9 Å². The number of nitrogens with one attached hydrogen (secondary N) is 1. The summed E-state index contributed by atoms with van der Waals surface area (Å²) >= 11 is 0. The van der Waals surface area contributed by atoms with Crippen molar-refractivity contribution in [3.8, 4) is 0 Å². The predicted octanol–water partition coefficient (Wildman–Crippen LogP) is 1.30. The Labute approximate surface area is 108 Å². The van der Waals surface area contributed by atoms with E-state index in [1.54, 1.807) is 14.0 Å². The summed E-state index contributed by atoms with van der Waals surface area (Å²) in [6, 6.07) is -0.0774. The molecule has 0 saturated carbocycles. The van der Waals surface area contributed by atoms with Crippen LogP contribution in [0, 0.1) is 20.8 Å². The average molecular weight is 254 g/mol. The fourth-order valence-corrected chi connectivity index (χ4v) is 1.89. The Balaban J connectivity index is 2.74. The summed E-state index contributed by atoms with van der Waals surface area (Å²) in [6.45, 7) is 6.49. The van der Waals surface area contributed by atoms with Crippen LogP contribution in [-0.4, -0.2) is 32.2 Å². The van der Waals surface area contributed by atoms with Gasteiger partial charge in [-0.05, 0) is 27.2 Å². The number of nitrogens with two attached hydrogens (primary N) is 1. The summed E-state index contributed by atoms with van der Waals surface area (Å²) in [5.41, 5.74) is 7.12. The third-order valence-corrected chi connectivity index (χ3v) is 3.08. The molecule has 1 atom stereocenters.